The molecular formula is C12H17NO2S. The van der Waals surface area contributed by atoms with Crippen LogP contribution >= 0.6 is 11.8 Å². The van der Waals surface area contributed by atoms with E-state index >= 15 is 0 Å². The van der Waals surface area contributed by atoms with Crippen LogP contribution in [-0.4, -0.2) is 18.8 Å². The first-order valence-corrected chi connectivity index (χ1v) is 6.23. The van der Waals surface area contributed by atoms with Crippen molar-refractivity contribution in [2.24, 2.45) is 5.73 Å². The number of carbonyl (C=O) groups is 1. The topological polar surface area (TPSA) is 52.3 Å². The van der Waals surface area contributed by atoms with Crippen molar-refractivity contribution in [3.8, 4) is 0 Å². The molecule has 0 radical (unpaired) electrons. The molecule has 0 aromatic heterocycles. The summed E-state index contributed by atoms with van der Waals surface area (Å²) in [5.41, 5.74) is 6.70. The number of benzene rings is 1. The first kappa shape index (κ1) is 13.1. The van der Waals surface area contributed by atoms with Crippen molar-refractivity contribution in [1.82, 2.24) is 0 Å². The van der Waals surface area contributed by atoms with Gasteiger partial charge in [-0.1, -0.05) is 12.1 Å². The second-order valence-corrected chi connectivity index (χ2v) is 4.55. The Morgan fingerprint density at radius 3 is 3.00 bits per heavy atom. The first-order valence-electron chi connectivity index (χ1n) is 5.25. The molecule has 0 amide bonds. The van der Waals surface area contributed by atoms with Crippen LogP contribution < -0.4 is 5.73 Å². The highest BCUT2D eigenvalue weighted by Gasteiger charge is 2.00. The number of thioether (sulfide) groups is 1. The van der Waals surface area contributed by atoms with Crippen LogP contribution in [0.15, 0.2) is 29.2 Å². The largest absolute Gasteiger partial charge is 0.469 e. The number of hydrogen-bond donors (Lipinski definition) is 1. The lowest BCUT2D eigenvalue weighted by molar-refractivity contribution is -0.140. The summed E-state index contributed by atoms with van der Waals surface area (Å²) in [6.45, 7) is 0.566. The van der Waals surface area contributed by atoms with Crippen LogP contribution in [0, 0.1) is 0 Å². The Labute approximate surface area is 100 Å². The van der Waals surface area contributed by atoms with Gasteiger partial charge in [0.25, 0.3) is 0 Å². The normalized spacial score (nSPS) is 10.1. The lowest BCUT2D eigenvalue weighted by Gasteiger charge is -2.03. The van der Waals surface area contributed by atoms with Gasteiger partial charge in [0.2, 0.25) is 0 Å². The molecule has 88 valence electrons. The number of rotatable bonds is 6. The van der Waals surface area contributed by atoms with Gasteiger partial charge in [-0.15, -0.1) is 11.8 Å². The molecule has 0 aliphatic rings. The van der Waals surface area contributed by atoms with E-state index < -0.39 is 0 Å². The first-order chi connectivity index (χ1) is 7.76. The molecule has 1 aromatic rings. The molecule has 3 nitrogen and oxygen atoms in total. The lowest BCUT2D eigenvalue weighted by Crippen LogP contribution is -2.00. The Morgan fingerprint density at radius 2 is 2.31 bits per heavy atom. The third-order valence-corrected chi connectivity index (χ3v) is 3.24. The predicted octanol–water partition coefficient (Wildman–Crippen LogP) is 2.19. The standard InChI is InChI=1S/C12H17NO2S/c1-15-12(14)6-3-7-16-11-5-2-4-10(8-11)9-13/h2,4-5,8H,3,6-7,9,13H2,1H3. The summed E-state index contributed by atoms with van der Waals surface area (Å²) in [6, 6.07) is 8.16. The number of methoxy groups -OCH3 is 1. The van der Waals surface area contributed by atoms with Gasteiger partial charge in [0, 0.05) is 17.9 Å². The molecule has 0 fully saturated rings. The highest BCUT2D eigenvalue weighted by molar-refractivity contribution is 7.99. The summed E-state index contributed by atoms with van der Waals surface area (Å²) < 4.78 is 4.57. The fraction of sp³-hybridized carbons (Fsp3) is 0.417. The van der Waals surface area contributed by atoms with Gasteiger partial charge in [-0.3, -0.25) is 4.79 Å². The van der Waals surface area contributed by atoms with Gasteiger partial charge in [-0.05, 0) is 29.9 Å². The maximum Gasteiger partial charge on any atom is 0.305 e. The van der Waals surface area contributed by atoms with E-state index in [2.05, 4.69) is 16.9 Å². The number of nitrogens with two attached hydrogens (primary N) is 1. The van der Waals surface area contributed by atoms with Crippen LogP contribution in [0.1, 0.15) is 18.4 Å². The Hall–Kier alpha value is -1.00. The molecule has 0 atom stereocenters. The molecular weight excluding hydrogens is 222 g/mol. The van der Waals surface area contributed by atoms with Crippen LogP contribution in [0.5, 0.6) is 0 Å². The van der Waals surface area contributed by atoms with Crippen molar-refractivity contribution in [2.75, 3.05) is 12.9 Å². The van der Waals surface area contributed by atoms with Crippen molar-refractivity contribution < 1.29 is 9.53 Å². The van der Waals surface area contributed by atoms with Crippen molar-refractivity contribution >= 4 is 17.7 Å². The van der Waals surface area contributed by atoms with E-state index in [0.29, 0.717) is 13.0 Å². The SMILES string of the molecule is COC(=O)CCCSc1cccc(CN)c1. The summed E-state index contributed by atoms with van der Waals surface area (Å²) in [7, 11) is 1.42. The van der Waals surface area contributed by atoms with Gasteiger partial charge in [0.15, 0.2) is 0 Å². The Kier molecular flexibility index (Phi) is 5.96. The van der Waals surface area contributed by atoms with Crippen LogP contribution in [0.4, 0.5) is 0 Å². The maximum atomic E-state index is 10.9. The predicted molar refractivity (Wildman–Crippen MR) is 66.3 cm³/mol. The molecule has 2 N–H and O–H groups in total. The smallest absolute Gasteiger partial charge is 0.305 e. The summed E-state index contributed by atoms with van der Waals surface area (Å²) >= 11 is 1.74. The van der Waals surface area contributed by atoms with E-state index in [0.717, 1.165) is 17.7 Å². The molecule has 4 heteroatoms. The van der Waals surface area contributed by atoms with E-state index in [1.165, 1.54) is 12.0 Å². The van der Waals surface area contributed by atoms with E-state index in [4.69, 9.17) is 5.73 Å². The lowest BCUT2D eigenvalue weighted by atomic mass is 10.2. The third kappa shape index (κ3) is 4.68. The molecule has 0 saturated heterocycles. The Morgan fingerprint density at radius 1 is 1.50 bits per heavy atom. The van der Waals surface area contributed by atoms with Gasteiger partial charge in [0.05, 0.1) is 7.11 Å². The van der Waals surface area contributed by atoms with Gasteiger partial charge < -0.3 is 10.5 Å². The molecule has 0 unspecified atom stereocenters. The zero-order chi connectivity index (χ0) is 11.8. The zero-order valence-electron chi connectivity index (χ0n) is 9.44. The van der Waals surface area contributed by atoms with Crippen molar-refractivity contribution in [2.45, 2.75) is 24.3 Å². The molecule has 0 spiro atoms. The van der Waals surface area contributed by atoms with Crippen LogP contribution in [0.2, 0.25) is 0 Å². The van der Waals surface area contributed by atoms with Gasteiger partial charge >= 0.3 is 5.97 Å². The van der Waals surface area contributed by atoms with Crippen molar-refractivity contribution in [3.05, 3.63) is 29.8 Å². The molecule has 0 saturated carbocycles. The molecule has 0 bridgehead atoms. The molecule has 0 aliphatic carbocycles. The number of ether oxygens (including phenoxy) is 1. The Balaban J connectivity index is 2.28. The fourth-order valence-corrected chi connectivity index (χ4v) is 2.20. The van der Waals surface area contributed by atoms with Crippen LogP contribution in [0.3, 0.4) is 0 Å². The summed E-state index contributed by atoms with van der Waals surface area (Å²) in [5, 5.41) is 0. The third-order valence-electron chi connectivity index (χ3n) is 2.16. The van der Waals surface area contributed by atoms with E-state index in [9.17, 15) is 4.79 Å². The minimum absolute atomic E-state index is 0.142. The quantitative estimate of drug-likeness (QED) is 0.470. The maximum absolute atomic E-state index is 10.9. The minimum Gasteiger partial charge on any atom is -0.469 e. The highest BCUT2D eigenvalue weighted by atomic mass is 32.2. The average molecular weight is 239 g/mol. The van der Waals surface area contributed by atoms with Gasteiger partial charge in [0.1, 0.15) is 0 Å². The number of carbonyl (C=O) groups excluding carboxylic acids is 1. The summed E-state index contributed by atoms with van der Waals surface area (Å²) in [5.74, 6) is 0.777. The Bertz CT molecular complexity index is 342. The van der Waals surface area contributed by atoms with Crippen molar-refractivity contribution in [1.29, 1.82) is 0 Å². The summed E-state index contributed by atoms with van der Waals surface area (Å²) in [4.78, 5) is 12.1. The van der Waals surface area contributed by atoms with E-state index in [1.54, 1.807) is 11.8 Å². The zero-order valence-corrected chi connectivity index (χ0v) is 10.3. The molecule has 0 heterocycles. The molecule has 16 heavy (non-hydrogen) atoms. The summed E-state index contributed by atoms with van der Waals surface area (Å²) in [6.07, 6.45) is 1.32. The van der Waals surface area contributed by atoms with Crippen LogP contribution in [-0.2, 0) is 16.1 Å². The molecule has 0 aliphatic heterocycles. The monoisotopic (exact) mass is 239 g/mol. The van der Waals surface area contributed by atoms with E-state index in [-0.39, 0.29) is 5.97 Å². The van der Waals surface area contributed by atoms with Gasteiger partial charge in [-0.2, -0.15) is 0 Å². The second kappa shape index (κ2) is 7.30. The molecule has 1 aromatic carbocycles. The van der Waals surface area contributed by atoms with Crippen LogP contribution in [0.25, 0.3) is 0 Å². The van der Waals surface area contributed by atoms with Crippen molar-refractivity contribution in [3.63, 3.8) is 0 Å². The van der Waals surface area contributed by atoms with Gasteiger partial charge in [-0.25, -0.2) is 0 Å². The minimum atomic E-state index is -0.142. The molecule has 1 rings (SSSR count). The average Bonchev–Trinajstić information content (AvgIpc) is 2.34. The fourth-order valence-electron chi connectivity index (χ4n) is 1.27. The number of esters is 1. The number of hydrogen-bond acceptors (Lipinski definition) is 4. The highest BCUT2D eigenvalue weighted by Crippen LogP contribution is 2.20. The van der Waals surface area contributed by atoms with E-state index in [1.807, 2.05) is 12.1 Å². The second-order valence-electron chi connectivity index (χ2n) is 3.38.